The van der Waals surface area contributed by atoms with E-state index in [2.05, 4.69) is 13.8 Å². The van der Waals surface area contributed by atoms with Crippen LogP contribution < -0.4 is 0 Å². The smallest absolute Gasteiger partial charge is 0.330 e. The SMILES string of the molecule is CCCCCCS[C@H](/C=C/C(=O)OCC)CC. The molecule has 0 amide bonds. The molecule has 0 aromatic rings. The van der Waals surface area contributed by atoms with Gasteiger partial charge in [-0.05, 0) is 25.5 Å². The van der Waals surface area contributed by atoms with Crippen LogP contribution in [-0.2, 0) is 9.53 Å². The Morgan fingerprint density at radius 2 is 2.00 bits per heavy atom. The van der Waals surface area contributed by atoms with E-state index in [0.29, 0.717) is 11.9 Å². The standard InChI is InChI=1S/C14H26O2S/c1-4-7-8-9-12-17-13(5-2)10-11-14(15)16-6-3/h10-11,13H,4-9,12H2,1-3H3/b11-10+/t13-/m0/s1. The summed E-state index contributed by atoms with van der Waals surface area (Å²) < 4.78 is 4.86. The Hall–Kier alpha value is -0.440. The molecule has 0 rings (SSSR count). The molecule has 0 aromatic heterocycles. The van der Waals surface area contributed by atoms with Gasteiger partial charge in [0.25, 0.3) is 0 Å². The van der Waals surface area contributed by atoms with Gasteiger partial charge in [-0.1, -0.05) is 39.2 Å². The van der Waals surface area contributed by atoms with Gasteiger partial charge in [0.2, 0.25) is 0 Å². The van der Waals surface area contributed by atoms with Gasteiger partial charge in [-0.15, -0.1) is 0 Å². The van der Waals surface area contributed by atoms with Crippen LogP contribution in [-0.4, -0.2) is 23.6 Å². The van der Waals surface area contributed by atoms with Crippen LogP contribution in [0.2, 0.25) is 0 Å². The molecule has 0 saturated carbocycles. The summed E-state index contributed by atoms with van der Waals surface area (Å²) in [5, 5.41) is 0.445. The summed E-state index contributed by atoms with van der Waals surface area (Å²) in [7, 11) is 0. The number of rotatable bonds is 10. The maximum atomic E-state index is 11.2. The number of carbonyl (C=O) groups is 1. The van der Waals surface area contributed by atoms with E-state index >= 15 is 0 Å². The van der Waals surface area contributed by atoms with Crippen molar-refractivity contribution in [1.29, 1.82) is 0 Å². The van der Waals surface area contributed by atoms with E-state index in [9.17, 15) is 4.79 Å². The molecule has 2 nitrogen and oxygen atoms in total. The van der Waals surface area contributed by atoms with Gasteiger partial charge in [0, 0.05) is 11.3 Å². The summed E-state index contributed by atoms with van der Waals surface area (Å²) in [4.78, 5) is 11.2. The van der Waals surface area contributed by atoms with Crippen molar-refractivity contribution in [3.63, 3.8) is 0 Å². The van der Waals surface area contributed by atoms with Crippen LogP contribution in [0.1, 0.15) is 52.9 Å². The van der Waals surface area contributed by atoms with Crippen molar-refractivity contribution in [3.8, 4) is 0 Å². The van der Waals surface area contributed by atoms with Crippen molar-refractivity contribution in [3.05, 3.63) is 12.2 Å². The number of esters is 1. The van der Waals surface area contributed by atoms with Gasteiger partial charge >= 0.3 is 5.97 Å². The molecule has 0 aliphatic carbocycles. The van der Waals surface area contributed by atoms with Crippen LogP contribution in [0.4, 0.5) is 0 Å². The summed E-state index contributed by atoms with van der Waals surface area (Å²) in [6, 6.07) is 0. The third kappa shape index (κ3) is 10.4. The minimum Gasteiger partial charge on any atom is -0.463 e. The molecule has 0 heterocycles. The van der Waals surface area contributed by atoms with E-state index in [1.807, 2.05) is 24.8 Å². The van der Waals surface area contributed by atoms with Crippen molar-refractivity contribution < 1.29 is 9.53 Å². The number of hydrogen-bond acceptors (Lipinski definition) is 3. The third-order valence-electron chi connectivity index (χ3n) is 2.47. The van der Waals surface area contributed by atoms with E-state index in [0.717, 1.165) is 6.42 Å². The molecule has 0 aromatic carbocycles. The monoisotopic (exact) mass is 258 g/mol. The molecule has 1 atom stereocenters. The van der Waals surface area contributed by atoms with Gasteiger partial charge < -0.3 is 4.74 Å². The van der Waals surface area contributed by atoms with Gasteiger partial charge in [0.05, 0.1) is 6.61 Å². The summed E-state index contributed by atoms with van der Waals surface area (Å²) in [6.07, 6.45) is 9.82. The van der Waals surface area contributed by atoms with Crippen LogP contribution >= 0.6 is 11.8 Å². The van der Waals surface area contributed by atoms with Crippen LogP contribution in [0.5, 0.6) is 0 Å². The molecule has 0 fully saturated rings. The molecule has 0 unspecified atom stereocenters. The van der Waals surface area contributed by atoms with E-state index in [1.54, 1.807) is 6.08 Å². The second kappa shape index (κ2) is 12.0. The zero-order valence-corrected chi connectivity index (χ0v) is 12.2. The lowest BCUT2D eigenvalue weighted by molar-refractivity contribution is -0.137. The minimum absolute atomic E-state index is 0.225. The molecular formula is C14H26O2S. The van der Waals surface area contributed by atoms with E-state index in [4.69, 9.17) is 4.74 Å². The largest absolute Gasteiger partial charge is 0.463 e. The van der Waals surface area contributed by atoms with Crippen molar-refractivity contribution in [1.82, 2.24) is 0 Å². The molecular weight excluding hydrogens is 232 g/mol. The Morgan fingerprint density at radius 3 is 2.59 bits per heavy atom. The highest BCUT2D eigenvalue weighted by Gasteiger charge is 2.03. The first-order valence-electron chi connectivity index (χ1n) is 6.71. The molecule has 0 aliphatic heterocycles. The van der Waals surface area contributed by atoms with Crippen molar-refractivity contribution in [2.24, 2.45) is 0 Å². The minimum atomic E-state index is -0.225. The summed E-state index contributed by atoms with van der Waals surface area (Å²) in [5.74, 6) is 0.962. The Balaban J connectivity index is 3.71. The van der Waals surface area contributed by atoms with Gasteiger partial charge in [-0.3, -0.25) is 0 Å². The molecule has 0 saturated heterocycles. The molecule has 0 aliphatic rings. The first-order valence-corrected chi connectivity index (χ1v) is 7.75. The molecule has 3 heteroatoms. The average Bonchev–Trinajstić information content (AvgIpc) is 2.33. The highest BCUT2D eigenvalue weighted by atomic mass is 32.2. The van der Waals surface area contributed by atoms with Crippen LogP contribution in [0.25, 0.3) is 0 Å². The van der Waals surface area contributed by atoms with E-state index in [-0.39, 0.29) is 5.97 Å². The van der Waals surface area contributed by atoms with Crippen molar-refractivity contribution in [2.45, 2.75) is 58.1 Å². The zero-order chi connectivity index (χ0) is 12.9. The first-order chi connectivity index (χ1) is 8.24. The lowest BCUT2D eigenvalue weighted by Gasteiger charge is -2.09. The first kappa shape index (κ1) is 16.6. The maximum absolute atomic E-state index is 11.2. The number of thioether (sulfide) groups is 1. The molecule has 17 heavy (non-hydrogen) atoms. The fraction of sp³-hybridized carbons (Fsp3) is 0.786. The molecule has 0 radical (unpaired) electrons. The van der Waals surface area contributed by atoms with Gasteiger partial charge in [-0.2, -0.15) is 11.8 Å². The Morgan fingerprint density at radius 1 is 1.24 bits per heavy atom. The molecule has 0 N–H and O–H groups in total. The fourth-order valence-electron chi connectivity index (χ4n) is 1.45. The Labute approximate surface area is 110 Å². The highest BCUT2D eigenvalue weighted by molar-refractivity contribution is 8.00. The second-order valence-electron chi connectivity index (χ2n) is 3.99. The van der Waals surface area contributed by atoms with Crippen LogP contribution in [0.3, 0.4) is 0 Å². The number of hydrogen-bond donors (Lipinski definition) is 0. The topological polar surface area (TPSA) is 26.3 Å². The zero-order valence-electron chi connectivity index (χ0n) is 11.4. The number of carbonyl (C=O) groups excluding carboxylic acids is 1. The number of ether oxygens (including phenoxy) is 1. The van der Waals surface area contributed by atoms with E-state index in [1.165, 1.54) is 31.4 Å². The average molecular weight is 258 g/mol. The summed E-state index contributed by atoms with van der Waals surface area (Å²) in [6.45, 7) is 6.65. The summed E-state index contributed by atoms with van der Waals surface area (Å²) >= 11 is 1.94. The second-order valence-corrected chi connectivity index (χ2v) is 5.34. The highest BCUT2D eigenvalue weighted by Crippen LogP contribution is 2.18. The molecule has 0 spiro atoms. The Kier molecular flexibility index (Phi) is 11.7. The Bertz CT molecular complexity index is 214. The van der Waals surface area contributed by atoms with Gasteiger partial charge in [0.15, 0.2) is 0 Å². The quantitative estimate of drug-likeness (QED) is 0.334. The van der Waals surface area contributed by atoms with E-state index < -0.39 is 0 Å². The predicted octanol–water partition coefficient (Wildman–Crippen LogP) is 4.20. The van der Waals surface area contributed by atoms with Crippen molar-refractivity contribution >= 4 is 17.7 Å². The van der Waals surface area contributed by atoms with Gasteiger partial charge in [0.1, 0.15) is 0 Å². The van der Waals surface area contributed by atoms with Crippen molar-refractivity contribution in [2.75, 3.05) is 12.4 Å². The third-order valence-corrected chi connectivity index (χ3v) is 3.91. The predicted molar refractivity (Wildman–Crippen MR) is 76.5 cm³/mol. The fourth-order valence-corrected chi connectivity index (χ4v) is 2.55. The normalized spacial score (nSPS) is 12.9. The lowest BCUT2D eigenvalue weighted by Crippen LogP contribution is -2.03. The summed E-state index contributed by atoms with van der Waals surface area (Å²) in [5.41, 5.74) is 0. The lowest BCUT2D eigenvalue weighted by atomic mass is 10.2. The molecule has 100 valence electrons. The maximum Gasteiger partial charge on any atom is 0.330 e. The van der Waals surface area contributed by atoms with Crippen LogP contribution in [0, 0.1) is 0 Å². The van der Waals surface area contributed by atoms with Gasteiger partial charge in [-0.25, -0.2) is 4.79 Å². The van der Waals surface area contributed by atoms with Crippen LogP contribution in [0.15, 0.2) is 12.2 Å². The molecule has 0 bridgehead atoms. The number of unbranched alkanes of at least 4 members (excludes halogenated alkanes) is 3.